The maximum Gasteiger partial charge on any atom is 0.271 e. The molecule has 0 spiro atoms. The van der Waals surface area contributed by atoms with Gasteiger partial charge in [0.25, 0.3) is 10.0 Å². The summed E-state index contributed by atoms with van der Waals surface area (Å²) in [6.45, 7) is 1.47. The van der Waals surface area contributed by atoms with Crippen LogP contribution in [0.5, 0.6) is 5.75 Å². The fourth-order valence-electron chi connectivity index (χ4n) is 2.73. The molecular weight excluding hydrogens is 407 g/mol. The number of sulfonamides is 1. The molecule has 0 N–H and O–H groups in total. The number of benzene rings is 2. The zero-order chi connectivity index (χ0) is 21.2. The van der Waals surface area contributed by atoms with Crippen molar-refractivity contribution in [2.45, 2.75) is 18.4 Å². The molecule has 0 saturated heterocycles. The van der Waals surface area contributed by atoms with E-state index in [4.69, 9.17) is 4.74 Å². The second-order valence-electron chi connectivity index (χ2n) is 6.07. The summed E-state index contributed by atoms with van der Waals surface area (Å²) >= 11 is 0. The van der Waals surface area contributed by atoms with Crippen LogP contribution < -0.4 is 9.04 Å². The molecule has 10 heteroatoms. The lowest BCUT2D eigenvalue weighted by Crippen LogP contribution is -2.33. The first kappa shape index (κ1) is 20.6. The highest BCUT2D eigenvalue weighted by Crippen LogP contribution is 2.29. The minimum absolute atomic E-state index is 0.0988. The van der Waals surface area contributed by atoms with Gasteiger partial charge in [-0.1, -0.05) is 6.07 Å². The van der Waals surface area contributed by atoms with Crippen LogP contribution in [0.25, 0.3) is 0 Å². The van der Waals surface area contributed by atoms with Crippen LogP contribution in [0.3, 0.4) is 0 Å². The van der Waals surface area contributed by atoms with Gasteiger partial charge in [-0.05, 0) is 30.2 Å². The molecule has 0 amide bonds. The quantitative estimate of drug-likeness (QED) is 0.606. The van der Waals surface area contributed by atoms with Crippen LogP contribution in [-0.2, 0) is 16.6 Å². The highest BCUT2D eigenvalue weighted by Gasteiger charge is 2.33. The van der Waals surface area contributed by atoms with E-state index in [1.54, 1.807) is 25.1 Å². The zero-order valence-corrected chi connectivity index (χ0v) is 16.3. The van der Waals surface area contributed by atoms with Crippen LogP contribution >= 0.6 is 0 Å². The van der Waals surface area contributed by atoms with Crippen LogP contribution in [0.1, 0.15) is 11.1 Å². The second-order valence-corrected chi connectivity index (χ2v) is 7.87. The number of aryl methyl sites for hydroxylation is 1. The molecule has 0 aliphatic heterocycles. The first-order valence-corrected chi connectivity index (χ1v) is 9.75. The number of halogens is 3. The van der Waals surface area contributed by atoms with E-state index in [2.05, 4.69) is 9.97 Å². The SMILES string of the molecule is COc1ccc(CN(c2ccncn2)S(=O)(=O)c2c(F)cc(F)cc2F)c(C)c1. The van der Waals surface area contributed by atoms with E-state index >= 15 is 0 Å². The number of rotatable bonds is 6. The summed E-state index contributed by atoms with van der Waals surface area (Å²) in [5.74, 6) is -3.82. The Kier molecular flexibility index (Phi) is 5.73. The van der Waals surface area contributed by atoms with Crippen molar-refractivity contribution >= 4 is 15.8 Å². The molecule has 1 heterocycles. The van der Waals surface area contributed by atoms with Gasteiger partial charge in [-0.25, -0.2) is 35.9 Å². The van der Waals surface area contributed by atoms with Gasteiger partial charge in [0.05, 0.1) is 13.7 Å². The van der Waals surface area contributed by atoms with Crippen LogP contribution in [-0.4, -0.2) is 25.5 Å². The number of hydrogen-bond donors (Lipinski definition) is 0. The number of ether oxygens (including phenoxy) is 1. The van der Waals surface area contributed by atoms with Gasteiger partial charge in [0, 0.05) is 24.4 Å². The van der Waals surface area contributed by atoms with Crippen molar-refractivity contribution in [3.05, 3.63) is 77.5 Å². The lowest BCUT2D eigenvalue weighted by atomic mass is 10.1. The molecule has 2 aromatic carbocycles. The number of hydrogen-bond acceptors (Lipinski definition) is 5. The van der Waals surface area contributed by atoms with Gasteiger partial charge in [-0.15, -0.1) is 0 Å². The van der Waals surface area contributed by atoms with Crippen molar-refractivity contribution in [3.63, 3.8) is 0 Å². The van der Waals surface area contributed by atoms with Gasteiger partial charge >= 0.3 is 0 Å². The third-order valence-electron chi connectivity index (χ3n) is 4.20. The average molecular weight is 423 g/mol. The van der Waals surface area contributed by atoms with Crippen molar-refractivity contribution in [3.8, 4) is 5.75 Å². The summed E-state index contributed by atoms with van der Waals surface area (Å²) in [5.41, 5.74) is 1.24. The summed E-state index contributed by atoms with van der Waals surface area (Å²) in [7, 11) is -3.28. The monoisotopic (exact) mass is 423 g/mol. The Morgan fingerprint density at radius 2 is 1.76 bits per heavy atom. The first-order chi connectivity index (χ1) is 13.7. The van der Waals surface area contributed by atoms with Crippen LogP contribution in [0.4, 0.5) is 19.0 Å². The molecule has 3 aromatic rings. The molecule has 0 bridgehead atoms. The molecular formula is C19H16F3N3O3S. The maximum absolute atomic E-state index is 14.3. The molecule has 0 atom stereocenters. The van der Waals surface area contributed by atoms with E-state index < -0.39 is 32.4 Å². The van der Waals surface area contributed by atoms with E-state index in [1.165, 1.54) is 19.4 Å². The lowest BCUT2D eigenvalue weighted by Gasteiger charge is -2.24. The predicted octanol–water partition coefficient (Wildman–Crippen LogP) is 3.61. The minimum atomic E-state index is -4.77. The van der Waals surface area contributed by atoms with Crippen molar-refractivity contribution in [1.82, 2.24) is 9.97 Å². The maximum atomic E-state index is 14.3. The van der Waals surface area contributed by atoms with Crippen LogP contribution in [0.15, 0.2) is 53.8 Å². The van der Waals surface area contributed by atoms with Gasteiger partial charge in [-0.2, -0.15) is 0 Å². The first-order valence-electron chi connectivity index (χ1n) is 8.31. The Morgan fingerprint density at radius 3 is 2.31 bits per heavy atom. The number of methoxy groups -OCH3 is 1. The van der Waals surface area contributed by atoms with Gasteiger partial charge in [0.1, 0.15) is 35.3 Å². The Bertz CT molecular complexity index is 1120. The van der Waals surface area contributed by atoms with E-state index in [-0.39, 0.29) is 12.4 Å². The van der Waals surface area contributed by atoms with Crippen LogP contribution in [0, 0.1) is 24.4 Å². The van der Waals surface area contributed by atoms with E-state index in [9.17, 15) is 21.6 Å². The fraction of sp³-hybridized carbons (Fsp3) is 0.158. The predicted molar refractivity (Wildman–Crippen MR) is 99.4 cm³/mol. The standard InChI is InChI=1S/C19H16F3N3O3S/c1-12-7-15(28-2)4-3-13(12)10-25(18-5-6-23-11-24-18)29(26,27)19-16(21)8-14(20)9-17(19)22/h3-9,11H,10H2,1-2H3. The third kappa shape index (κ3) is 4.16. The average Bonchev–Trinajstić information content (AvgIpc) is 2.66. The highest BCUT2D eigenvalue weighted by molar-refractivity contribution is 7.92. The van der Waals surface area contributed by atoms with Crippen LogP contribution in [0.2, 0.25) is 0 Å². The van der Waals surface area contributed by atoms with Crippen molar-refractivity contribution in [2.24, 2.45) is 0 Å². The normalized spacial score (nSPS) is 11.3. The molecule has 1 aromatic heterocycles. The lowest BCUT2D eigenvalue weighted by molar-refractivity contribution is 0.414. The second kappa shape index (κ2) is 8.08. The molecule has 29 heavy (non-hydrogen) atoms. The summed E-state index contributed by atoms with van der Waals surface area (Å²) in [4.78, 5) is 6.37. The molecule has 6 nitrogen and oxygen atoms in total. The van der Waals surface area contributed by atoms with E-state index in [1.807, 2.05) is 0 Å². The highest BCUT2D eigenvalue weighted by atomic mass is 32.2. The van der Waals surface area contributed by atoms with Gasteiger partial charge in [0.2, 0.25) is 0 Å². The molecule has 152 valence electrons. The van der Waals surface area contributed by atoms with Crippen molar-refractivity contribution in [2.75, 3.05) is 11.4 Å². The summed E-state index contributed by atoms with van der Waals surface area (Å²) < 4.78 is 74.0. The van der Waals surface area contributed by atoms with Gasteiger partial charge in [-0.3, -0.25) is 0 Å². The molecule has 0 radical (unpaired) electrons. The Balaban J connectivity index is 2.15. The van der Waals surface area contributed by atoms with Crippen molar-refractivity contribution < 1.29 is 26.3 Å². The Hall–Kier alpha value is -3.14. The summed E-state index contributed by atoms with van der Waals surface area (Å²) in [5, 5.41) is 0. The molecule has 0 aliphatic carbocycles. The largest absolute Gasteiger partial charge is 0.497 e. The Morgan fingerprint density at radius 1 is 1.07 bits per heavy atom. The number of aromatic nitrogens is 2. The molecule has 3 rings (SSSR count). The number of nitrogens with zero attached hydrogens (tertiary/aromatic N) is 3. The third-order valence-corrected chi connectivity index (χ3v) is 6.00. The van der Waals surface area contributed by atoms with Crippen molar-refractivity contribution in [1.29, 1.82) is 0 Å². The fourth-order valence-corrected chi connectivity index (χ4v) is 4.23. The minimum Gasteiger partial charge on any atom is -0.497 e. The number of anilines is 1. The van der Waals surface area contributed by atoms with E-state index in [0.29, 0.717) is 29.0 Å². The van der Waals surface area contributed by atoms with Gasteiger partial charge in [0.15, 0.2) is 4.90 Å². The topological polar surface area (TPSA) is 72.4 Å². The summed E-state index contributed by atoms with van der Waals surface area (Å²) in [6.07, 6.45) is 2.40. The molecule has 0 aliphatic rings. The van der Waals surface area contributed by atoms with Gasteiger partial charge < -0.3 is 4.74 Å². The zero-order valence-electron chi connectivity index (χ0n) is 15.4. The molecule has 0 fully saturated rings. The summed E-state index contributed by atoms with van der Waals surface area (Å²) in [6, 6.07) is 6.87. The smallest absolute Gasteiger partial charge is 0.271 e. The van der Waals surface area contributed by atoms with E-state index in [0.717, 1.165) is 10.6 Å². The molecule has 0 unspecified atom stereocenters. The molecule has 0 saturated carbocycles. The Labute approximate surface area is 165 Å².